The van der Waals surface area contributed by atoms with E-state index in [9.17, 15) is 0 Å². The summed E-state index contributed by atoms with van der Waals surface area (Å²) in [6, 6.07) is 0.800. The van der Waals surface area contributed by atoms with Gasteiger partial charge in [0.15, 0.2) is 0 Å². The van der Waals surface area contributed by atoms with Crippen molar-refractivity contribution >= 4 is 0 Å². The Balaban J connectivity index is 1.71. The predicted molar refractivity (Wildman–Crippen MR) is 78.0 cm³/mol. The van der Waals surface area contributed by atoms with Crippen LogP contribution in [0, 0.1) is 5.92 Å². The SMILES string of the molecule is CCCNC1CCCC1CN1CCN(CC)CC1. The topological polar surface area (TPSA) is 18.5 Å². The fourth-order valence-corrected chi connectivity index (χ4v) is 3.47. The van der Waals surface area contributed by atoms with E-state index in [1.165, 1.54) is 71.5 Å². The molecule has 2 rings (SSSR count). The van der Waals surface area contributed by atoms with Crippen molar-refractivity contribution in [2.75, 3.05) is 45.8 Å². The van der Waals surface area contributed by atoms with Crippen LogP contribution in [0.4, 0.5) is 0 Å². The highest BCUT2D eigenvalue weighted by molar-refractivity contribution is 4.86. The normalized spacial score (nSPS) is 31.0. The molecule has 0 aromatic carbocycles. The van der Waals surface area contributed by atoms with Crippen LogP contribution in [0.2, 0.25) is 0 Å². The van der Waals surface area contributed by atoms with Crippen molar-refractivity contribution in [3.63, 3.8) is 0 Å². The quantitative estimate of drug-likeness (QED) is 0.778. The molecule has 0 aromatic heterocycles. The smallest absolute Gasteiger partial charge is 0.0110 e. The van der Waals surface area contributed by atoms with Crippen LogP contribution in [0.3, 0.4) is 0 Å². The van der Waals surface area contributed by atoms with Crippen molar-refractivity contribution in [3.8, 4) is 0 Å². The van der Waals surface area contributed by atoms with Crippen LogP contribution in [-0.4, -0.2) is 61.7 Å². The van der Waals surface area contributed by atoms with Crippen LogP contribution < -0.4 is 5.32 Å². The lowest BCUT2D eigenvalue weighted by Gasteiger charge is -2.36. The van der Waals surface area contributed by atoms with Crippen molar-refractivity contribution in [1.29, 1.82) is 0 Å². The summed E-state index contributed by atoms with van der Waals surface area (Å²) in [5.41, 5.74) is 0. The molecule has 0 amide bonds. The fraction of sp³-hybridized carbons (Fsp3) is 1.00. The fourth-order valence-electron chi connectivity index (χ4n) is 3.47. The van der Waals surface area contributed by atoms with E-state index in [-0.39, 0.29) is 0 Å². The number of hydrogen-bond donors (Lipinski definition) is 1. The van der Waals surface area contributed by atoms with Gasteiger partial charge in [0.2, 0.25) is 0 Å². The van der Waals surface area contributed by atoms with E-state index < -0.39 is 0 Å². The van der Waals surface area contributed by atoms with E-state index in [2.05, 4.69) is 29.0 Å². The highest BCUT2D eigenvalue weighted by atomic mass is 15.3. The number of piperazine rings is 1. The first kappa shape index (κ1) is 14.3. The minimum absolute atomic E-state index is 0.800. The van der Waals surface area contributed by atoms with Crippen molar-refractivity contribution in [3.05, 3.63) is 0 Å². The van der Waals surface area contributed by atoms with Gasteiger partial charge in [0.05, 0.1) is 0 Å². The van der Waals surface area contributed by atoms with Crippen LogP contribution in [0.25, 0.3) is 0 Å². The first-order valence-corrected chi connectivity index (χ1v) is 8.01. The maximum Gasteiger partial charge on any atom is 0.0110 e. The van der Waals surface area contributed by atoms with Gasteiger partial charge in [-0.25, -0.2) is 0 Å². The summed E-state index contributed by atoms with van der Waals surface area (Å²) in [6.45, 7) is 13.4. The molecule has 2 fully saturated rings. The average Bonchev–Trinajstić information content (AvgIpc) is 2.84. The van der Waals surface area contributed by atoms with Gasteiger partial charge < -0.3 is 15.1 Å². The molecule has 3 nitrogen and oxygen atoms in total. The van der Waals surface area contributed by atoms with E-state index in [4.69, 9.17) is 0 Å². The number of rotatable bonds is 6. The molecule has 1 aliphatic carbocycles. The Kier molecular flexibility index (Phi) is 5.93. The molecule has 18 heavy (non-hydrogen) atoms. The second kappa shape index (κ2) is 7.46. The van der Waals surface area contributed by atoms with Crippen molar-refractivity contribution in [2.45, 2.75) is 45.6 Å². The Labute approximate surface area is 113 Å². The molecule has 0 bridgehead atoms. The molecule has 106 valence electrons. The molecule has 2 unspecified atom stereocenters. The van der Waals surface area contributed by atoms with Gasteiger partial charge in [-0.1, -0.05) is 20.3 Å². The number of hydrogen-bond acceptors (Lipinski definition) is 3. The van der Waals surface area contributed by atoms with Gasteiger partial charge in [0, 0.05) is 38.8 Å². The Morgan fingerprint density at radius 3 is 2.39 bits per heavy atom. The molecule has 3 heteroatoms. The van der Waals surface area contributed by atoms with E-state index in [0.717, 1.165) is 12.0 Å². The zero-order valence-corrected chi connectivity index (χ0v) is 12.3. The number of nitrogens with zero attached hydrogens (tertiary/aromatic N) is 2. The molecule has 2 aliphatic rings. The number of nitrogens with one attached hydrogen (secondary N) is 1. The monoisotopic (exact) mass is 253 g/mol. The second-order valence-electron chi connectivity index (χ2n) is 5.99. The third kappa shape index (κ3) is 3.94. The molecule has 0 radical (unpaired) electrons. The minimum atomic E-state index is 0.800. The molecular formula is C15H31N3. The largest absolute Gasteiger partial charge is 0.314 e. The van der Waals surface area contributed by atoms with Gasteiger partial charge in [0.25, 0.3) is 0 Å². The summed E-state index contributed by atoms with van der Waals surface area (Å²) in [6.07, 6.45) is 5.54. The zero-order valence-electron chi connectivity index (χ0n) is 12.3. The predicted octanol–water partition coefficient (Wildman–Crippen LogP) is 1.79. The second-order valence-corrected chi connectivity index (χ2v) is 5.99. The molecule has 0 spiro atoms. The lowest BCUT2D eigenvalue weighted by atomic mass is 10.0. The first-order chi connectivity index (χ1) is 8.83. The van der Waals surface area contributed by atoms with E-state index >= 15 is 0 Å². The summed E-state index contributed by atoms with van der Waals surface area (Å²) in [7, 11) is 0. The molecule has 1 heterocycles. The third-order valence-corrected chi connectivity index (χ3v) is 4.72. The summed E-state index contributed by atoms with van der Waals surface area (Å²) >= 11 is 0. The maximum absolute atomic E-state index is 3.75. The van der Waals surface area contributed by atoms with Crippen LogP contribution in [0.15, 0.2) is 0 Å². The lowest BCUT2D eigenvalue weighted by Crippen LogP contribution is -2.49. The Morgan fingerprint density at radius 1 is 1.00 bits per heavy atom. The van der Waals surface area contributed by atoms with Crippen molar-refractivity contribution in [1.82, 2.24) is 15.1 Å². The Hall–Kier alpha value is -0.120. The summed E-state index contributed by atoms with van der Waals surface area (Å²) < 4.78 is 0. The highest BCUT2D eigenvalue weighted by Crippen LogP contribution is 2.26. The highest BCUT2D eigenvalue weighted by Gasteiger charge is 2.29. The number of likely N-dealkylation sites (N-methyl/N-ethyl adjacent to an activating group) is 1. The van der Waals surface area contributed by atoms with Crippen molar-refractivity contribution in [2.24, 2.45) is 5.92 Å². The molecule has 1 saturated heterocycles. The molecule has 2 atom stereocenters. The molecular weight excluding hydrogens is 222 g/mol. The van der Waals surface area contributed by atoms with Gasteiger partial charge in [-0.15, -0.1) is 0 Å². The standard InChI is InChI=1S/C15H31N3/c1-3-8-16-15-7-5-6-14(15)13-18-11-9-17(4-2)10-12-18/h14-16H,3-13H2,1-2H3. The van der Waals surface area contributed by atoms with Gasteiger partial charge >= 0.3 is 0 Å². The van der Waals surface area contributed by atoms with Crippen LogP contribution in [0.1, 0.15) is 39.5 Å². The lowest BCUT2D eigenvalue weighted by molar-refractivity contribution is 0.117. The summed E-state index contributed by atoms with van der Waals surface area (Å²) in [5.74, 6) is 0.907. The van der Waals surface area contributed by atoms with Crippen LogP contribution >= 0.6 is 0 Å². The zero-order chi connectivity index (χ0) is 12.8. The Morgan fingerprint density at radius 2 is 1.72 bits per heavy atom. The first-order valence-electron chi connectivity index (χ1n) is 8.01. The minimum Gasteiger partial charge on any atom is -0.314 e. The average molecular weight is 253 g/mol. The van der Waals surface area contributed by atoms with Crippen LogP contribution in [0.5, 0.6) is 0 Å². The molecule has 1 saturated carbocycles. The van der Waals surface area contributed by atoms with Crippen LogP contribution in [-0.2, 0) is 0 Å². The van der Waals surface area contributed by atoms with E-state index in [1.807, 2.05) is 0 Å². The van der Waals surface area contributed by atoms with Gasteiger partial charge in [-0.05, 0) is 38.3 Å². The Bertz CT molecular complexity index is 224. The maximum atomic E-state index is 3.75. The van der Waals surface area contributed by atoms with E-state index in [1.54, 1.807) is 0 Å². The van der Waals surface area contributed by atoms with E-state index in [0.29, 0.717) is 0 Å². The van der Waals surface area contributed by atoms with Crippen molar-refractivity contribution < 1.29 is 0 Å². The molecule has 0 aromatic rings. The van der Waals surface area contributed by atoms with Gasteiger partial charge in [-0.3, -0.25) is 0 Å². The summed E-state index contributed by atoms with van der Waals surface area (Å²) in [5, 5.41) is 3.75. The van der Waals surface area contributed by atoms with Gasteiger partial charge in [-0.2, -0.15) is 0 Å². The van der Waals surface area contributed by atoms with Gasteiger partial charge in [0.1, 0.15) is 0 Å². The molecule has 1 N–H and O–H groups in total. The molecule has 1 aliphatic heterocycles. The summed E-state index contributed by atoms with van der Waals surface area (Å²) in [4.78, 5) is 5.26. The third-order valence-electron chi connectivity index (χ3n) is 4.72.